The van der Waals surface area contributed by atoms with E-state index >= 15 is 4.79 Å². The number of benzene rings is 2. The van der Waals surface area contributed by atoms with Crippen molar-refractivity contribution in [3.63, 3.8) is 0 Å². The number of hydrogen-bond donors (Lipinski definition) is 1. The Morgan fingerprint density at radius 1 is 0.935 bits per heavy atom. The monoisotopic (exact) mass is 642 g/mol. The smallest absolute Gasteiger partial charge is 0.264 e. The molecule has 1 aromatic heterocycles. The third-order valence-corrected chi connectivity index (χ3v) is 13.8. The molecule has 3 atom stereocenters. The van der Waals surface area contributed by atoms with Gasteiger partial charge in [0.15, 0.2) is 0 Å². The molecule has 9 nitrogen and oxygen atoms in total. The van der Waals surface area contributed by atoms with Gasteiger partial charge in [-0.1, -0.05) is 25.3 Å². The summed E-state index contributed by atoms with van der Waals surface area (Å²) < 4.78 is 35.8. The normalized spacial score (nSPS) is 27.5. The molecule has 10 heteroatoms. The topological polar surface area (TPSA) is 101 Å². The molecule has 3 aliphatic heterocycles. The Labute approximate surface area is 270 Å². The van der Waals surface area contributed by atoms with E-state index in [9.17, 15) is 13.2 Å². The summed E-state index contributed by atoms with van der Waals surface area (Å²) in [5.41, 5.74) is 5.07. The van der Waals surface area contributed by atoms with Crippen molar-refractivity contribution < 1.29 is 22.7 Å². The molecule has 3 aliphatic carbocycles. The van der Waals surface area contributed by atoms with Crippen molar-refractivity contribution >= 4 is 32.7 Å². The number of nitrogens with one attached hydrogen (secondary N) is 1. The number of sulfonamides is 1. The third-order valence-electron chi connectivity index (χ3n) is 11.9. The third kappa shape index (κ3) is 4.24. The van der Waals surface area contributed by atoms with Crippen molar-refractivity contribution in [3.8, 4) is 17.0 Å². The lowest BCUT2D eigenvalue weighted by Crippen LogP contribution is -2.54. The Morgan fingerprint density at radius 2 is 1.76 bits per heavy atom. The van der Waals surface area contributed by atoms with Crippen molar-refractivity contribution in [2.45, 2.75) is 99.3 Å². The van der Waals surface area contributed by atoms with E-state index in [-0.39, 0.29) is 11.8 Å². The standard InChI is InChI=1S/C36H42N4O5S/c1-45-25-10-14-27-29(19-25)30-20-36(30,35(42)39-17-15-24-8-5-16-38(24)21-39)40-31-18-23(34(41)37-46(43,44)26-11-12-26)9-13-28(31)32(33(27)40)22-6-3-2-4-7-22/h9-10,13-14,18-19,22,24,26,30H,2-8,11-12,15-17,20-21H2,1H3,(H,37,41)/t24-,30?,36?/m1/s1. The van der Waals surface area contributed by atoms with Gasteiger partial charge in [-0.05, 0) is 98.7 Å². The molecule has 3 aromatic rings. The lowest BCUT2D eigenvalue weighted by Gasteiger charge is -2.41. The molecule has 242 valence electrons. The Balaban J connectivity index is 1.24. The van der Waals surface area contributed by atoms with Crippen LogP contribution in [0.4, 0.5) is 0 Å². The SMILES string of the molecule is COc1ccc2c(c1)C1CC1(C(=O)N1CC[C@H]3CCCN3C1)n1c-2c(C2CCCCC2)c2ccc(C(=O)NS(=O)(=O)C3CC3)cc21. The number of ether oxygens (including phenoxy) is 1. The first-order chi connectivity index (χ1) is 22.3. The lowest BCUT2D eigenvalue weighted by molar-refractivity contribution is -0.141. The average Bonchev–Trinajstić information content (AvgIpc) is 3.99. The second-order valence-electron chi connectivity index (χ2n) is 14.6. The van der Waals surface area contributed by atoms with Gasteiger partial charge in [-0.15, -0.1) is 0 Å². The summed E-state index contributed by atoms with van der Waals surface area (Å²) in [7, 11) is -2.01. The number of carbonyl (C=O) groups excluding carboxylic acids is 2. The molecule has 1 N–H and O–H groups in total. The minimum absolute atomic E-state index is 0.00330. The van der Waals surface area contributed by atoms with Crippen LogP contribution in [-0.4, -0.2) is 72.8 Å². The maximum atomic E-state index is 15.0. The van der Waals surface area contributed by atoms with Crippen LogP contribution in [0.2, 0.25) is 0 Å². The first-order valence-electron chi connectivity index (χ1n) is 17.3. The molecule has 0 radical (unpaired) electrons. The second-order valence-corrected chi connectivity index (χ2v) is 16.5. The zero-order valence-corrected chi connectivity index (χ0v) is 27.3. The van der Waals surface area contributed by atoms with E-state index < -0.39 is 26.7 Å². The highest BCUT2D eigenvalue weighted by Gasteiger charge is 2.67. The number of methoxy groups -OCH3 is 1. The maximum Gasteiger partial charge on any atom is 0.264 e. The zero-order valence-electron chi connectivity index (χ0n) is 26.5. The van der Waals surface area contributed by atoms with Gasteiger partial charge in [0.1, 0.15) is 11.3 Å². The molecule has 6 aliphatic rings. The van der Waals surface area contributed by atoms with Gasteiger partial charge in [-0.3, -0.25) is 14.5 Å². The number of fused-ring (bicyclic) bond motifs is 9. The summed E-state index contributed by atoms with van der Waals surface area (Å²) in [6.07, 6.45) is 11.0. The number of amides is 2. The highest BCUT2D eigenvalue weighted by atomic mass is 32.2. The largest absolute Gasteiger partial charge is 0.497 e. The first-order valence-corrected chi connectivity index (χ1v) is 18.8. The van der Waals surface area contributed by atoms with Gasteiger partial charge < -0.3 is 14.2 Å². The number of nitrogens with zero attached hydrogens (tertiary/aromatic N) is 3. The fourth-order valence-electron chi connectivity index (χ4n) is 9.40. The molecule has 2 aromatic carbocycles. The van der Waals surface area contributed by atoms with Crippen LogP contribution in [0.1, 0.15) is 104 Å². The van der Waals surface area contributed by atoms with Crippen LogP contribution in [0.3, 0.4) is 0 Å². The predicted molar refractivity (Wildman–Crippen MR) is 175 cm³/mol. The number of rotatable bonds is 6. The summed E-state index contributed by atoms with van der Waals surface area (Å²) in [5, 5.41) is 0.587. The Kier molecular flexibility index (Phi) is 6.46. The first kappa shape index (κ1) is 28.8. The minimum atomic E-state index is -3.70. The molecule has 46 heavy (non-hydrogen) atoms. The van der Waals surface area contributed by atoms with E-state index in [1.165, 1.54) is 43.2 Å². The van der Waals surface area contributed by atoms with Crippen molar-refractivity contribution in [2.75, 3.05) is 26.9 Å². The van der Waals surface area contributed by atoms with Crippen LogP contribution in [-0.2, 0) is 20.4 Å². The van der Waals surface area contributed by atoms with Crippen LogP contribution in [0, 0.1) is 0 Å². The van der Waals surface area contributed by atoms with Gasteiger partial charge in [-0.2, -0.15) is 0 Å². The lowest BCUT2D eigenvalue weighted by atomic mass is 9.80. The van der Waals surface area contributed by atoms with E-state index in [0.717, 1.165) is 60.3 Å². The number of aromatic nitrogens is 1. The molecule has 0 spiro atoms. The second kappa shape index (κ2) is 10.3. The van der Waals surface area contributed by atoms with E-state index in [1.54, 1.807) is 13.2 Å². The predicted octanol–water partition coefficient (Wildman–Crippen LogP) is 5.44. The van der Waals surface area contributed by atoms with Crippen LogP contribution >= 0.6 is 0 Å². The summed E-state index contributed by atoms with van der Waals surface area (Å²) in [6, 6.07) is 12.5. The van der Waals surface area contributed by atoms with Gasteiger partial charge in [0.05, 0.1) is 30.2 Å². The number of hydrogen-bond acceptors (Lipinski definition) is 6. The van der Waals surface area contributed by atoms with E-state index in [1.807, 2.05) is 18.2 Å². The van der Waals surface area contributed by atoms with E-state index in [2.05, 4.69) is 31.2 Å². The molecular weight excluding hydrogens is 600 g/mol. The van der Waals surface area contributed by atoms with Crippen LogP contribution in [0.15, 0.2) is 36.4 Å². The molecule has 2 amide bonds. The molecule has 5 fully saturated rings. The van der Waals surface area contributed by atoms with Gasteiger partial charge >= 0.3 is 0 Å². The van der Waals surface area contributed by atoms with Crippen molar-refractivity contribution in [1.29, 1.82) is 0 Å². The molecule has 9 rings (SSSR count). The van der Waals surface area contributed by atoms with E-state index in [4.69, 9.17) is 4.74 Å². The molecule has 4 heterocycles. The Morgan fingerprint density at radius 3 is 2.54 bits per heavy atom. The van der Waals surface area contributed by atoms with Crippen LogP contribution in [0.25, 0.3) is 22.2 Å². The zero-order chi connectivity index (χ0) is 31.4. The maximum absolute atomic E-state index is 15.0. The summed E-state index contributed by atoms with van der Waals surface area (Å²) in [4.78, 5) is 33.0. The quantitative estimate of drug-likeness (QED) is 0.385. The van der Waals surface area contributed by atoms with Gasteiger partial charge in [0.25, 0.3) is 11.8 Å². The van der Waals surface area contributed by atoms with Crippen LogP contribution in [0.5, 0.6) is 5.75 Å². The van der Waals surface area contributed by atoms with Crippen molar-refractivity contribution in [3.05, 3.63) is 53.1 Å². The van der Waals surface area contributed by atoms with Crippen molar-refractivity contribution in [2.24, 2.45) is 0 Å². The minimum Gasteiger partial charge on any atom is -0.497 e. The van der Waals surface area contributed by atoms with Gasteiger partial charge in [0, 0.05) is 41.6 Å². The summed E-state index contributed by atoms with van der Waals surface area (Å²) in [6.45, 7) is 2.46. The van der Waals surface area contributed by atoms with E-state index in [0.29, 0.717) is 43.5 Å². The highest BCUT2D eigenvalue weighted by Crippen LogP contribution is 2.67. The Hall–Kier alpha value is -3.37. The summed E-state index contributed by atoms with van der Waals surface area (Å²) in [5.74, 6) is 0.699. The fourth-order valence-corrected chi connectivity index (χ4v) is 10.7. The fraction of sp³-hybridized carbons (Fsp3) is 0.556. The average molecular weight is 643 g/mol. The molecule has 2 saturated heterocycles. The molecular formula is C36H42N4O5S. The van der Waals surface area contributed by atoms with Crippen molar-refractivity contribution in [1.82, 2.24) is 19.1 Å². The highest BCUT2D eigenvalue weighted by molar-refractivity contribution is 7.91. The van der Waals surface area contributed by atoms with Crippen LogP contribution < -0.4 is 9.46 Å². The van der Waals surface area contributed by atoms with Gasteiger partial charge in [-0.25, -0.2) is 13.1 Å². The van der Waals surface area contributed by atoms with Gasteiger partial charge in [0.2, 0.25) is 10.0 Å². The number of carbonyl (C=O) groups is 2. The molecule has 0 bridgehead atoms. The summed E-state index contributed by atoms with van der Waals surface area (Å²) >= 11 is 0. The Bertz CT molecular complexity index is 1890. The molecule has 2 unspecified atom stereocenters. The molecule has 3 saturated carbocycles.